The van der Waals surface area contributed by atoms with Gasteiger partial charge in [-0.2, -0.15) is 0 Å². The van der Waals surface area contributed by atoms with Gasteiger partial charge in [-0.1, -0.05) is 0 Å². The molecule has 0 radical (unpaired) electrons. The average Bonchev–Trinajstić information content (AvgIpc) is 2.83. The first kappa shape index (κ1) is 11.8. The number of hydrogen-bond donors (Lipinski definition) is 3. The number of aromatic nitrogens is 4. The summed E-state index contributed by atoms with van der Waals surface area (Å²) in [4.78, 5) is 33.5. The van der Waals surface area contributed by atoms with Gasteiger partial charge in [0.15, 0.2) is 5.69 Å². The maximum atomic E-state index is 11.4. The highest BCUT2D eigenvalue weighted by atomic mass is 16.2. The second-order valence-electron chi connectivity index (χ2n) is 3.81. The smallest absolute Gasteiger partial charge is 0.269 e. The van der Waals surface area contributed by atoms with Crippen molar-refractivity contribution >= 4 is 11.8 Å². The van der Waals surface area contributed by atoms with Crippen molar-refractivity contribution in [3.8, 4) is 5.95 Å². The summed E-state index contributed by atoms with van der Waals surface area (Å²) in [6.07, 6.45) is 1.28. The van der Waals surface area contributed by atoms with E-state index in [9.17, 15) is 9.59 Å². The van der Waals surface area contributed by atoms with Crippen LogP contribution in [0.1, 0.15) is 32.4 Å². The molecule has 2 aromatic rings. The molecule has 0 saturated heterocycles. The molecule has 8 nitrogen and oxygen atoms in total. The third-order valence-corrected chi connectivity index (χ3v) is 2.58. The molecule has 8 heteroatoms. The van der Waals surface area contributed by atoms with E-state index in [1.54, 1.807) is 0 Å². The number of carbonyl (C=O) groups excluding carboxylic acids is 2. The fourth-order valence-electron chi connectivity index (χ4n) is 1.57. The van der Waals surface area contributed by atoms with Gasteiger partial charge >= 0.3 is 0 Å². The molecule has 0 fully saturated rings. The summed E-state index contributed by atoms with van der Waals surface area (Å²) in [7, 11) is 0. The zero-order valence-electron chi connectivity index (χ0n) is 9.89. The largest absolute Gasteiger partial charge is 0.364 e. The number of nitrogens with two attached hydrogens (primary N) is 2. The number of aryl methyl sites for hydroxylation is 2. The number of carbonyl (C=O) groups is 2. The first-order valence-corrected chi connectivity index (χ1v) is 5.12. The van der Waals surface area contributed by atoms with Crippen LogP contribution in [0.4, 0.5) is 0 Å². The van der Waals surface area contributed by atoms with E-state index in [4.69, 9.17) is 11.5 Å². The molecule has 0 aliphatic rings. The van der Waals surface area contributed by atoms with Crippen molar-refractivity contribution in [2.24, 2.45) is 11.5 Å². The van der Waals surface area contributed by atoms with E-state index in [1.807, 2.05) is 13.8 Å². The highest BCUT2D eigenvalue weighted by Gasteiger charge is 2.22. The summed E-state index contributed by atoms with van der Waals surface area (Å²) >= 11 is 0. The van der Waals surface area contributed by atoms with E-state index in [1.165, 1.54) is 10.9 Å². The molecule has 0 aliphatic heterocycles. The summed E-state index contributed by atoms with van der Waals surface area (Å²) in [6, 6.07) is 0. The molecule has 18 heavy (non-hydrogen) atoms. The van der Waals surface area contributed by atoms with Gasteiger partial charge in [0.25, 0.3) is 11.8 Å². The number of H-pyrrole nitrogens is 1. The Hall–Kier alpha value is -2.64. The second kappa shape index (κ2) is 3.99. The second-order valence-corrected chi connectivity index (χ2v) is 3.81. The molecule has 0 saturated carbocycles. The number of amides is 2. The van der Waals surface area contributed by atoms with Crippen molar-refractivity contribution in [2.75, 3.05) is 0 Å². The third kappa shape index (κ3) is 1.73. The molecule has 0 atom stereocenters. The van der Waals surface area contributed by atoms with Crippen molar-refractivity contribution in [3.05, 3.63) is 29.1 Å². The van der Waals surface area contributed by atoms with Crippen LogP contribution in [-0.2, 0) is 0 Å². The van der Waals surface area contributed by atoms with Gasteiger partial charge in [-0.15, -0.1) is 0 Å². The van der Waals surface area contributed by atoms with Crippen LogP contribution in [0.15, 0.2) is 6.33 Å². The summed E-state index contributed by atoms with van der Waals surface area (Å²) in [5.74, 6) is -1.26. The minimum absolute atomic E-state index is 0.0868. The summed E-state index contributed by atoms with van der Waals surface area (Å²) in [5.41, 5.74) is 11.7. The maximum absolute atomic E-state index is 11.4. The van der Waals surface area contributed by atoms with Gasteiger partial charge < -0.3 is 16.5 Å². The molecule has 0 unspecified atom stereocenters. The summed E-state index contributed by atoms with van der Waals surface area (Å²) < 4.78 is 1.31. The van der Waals surface area contributed by atoms with Crippen molar-refractivity contribution in [1.82, 2.24) is 19.5 Å². The Kier molecular flexibility index (Phi) is 2.62. The molecule has 2 heterocycles. The van der Waals surface area contributed by atoms with Crippen LogP contribution in [0.2, 0.25) is 0 Å². The van der Waals surface area contributed by atoms with E-state index in [2.05, 4.69) is 15.0 Å². The molecular weight excluding hydrogens is 236 g/mol. The van der Waals surface area contributed by atoms with Crippen LogP contribution in [0.5, 0.6) is 0 Å². The Morgan fingerprint density at radius 2 is 1.94 bits per heavy atom. The van der Waals surface area contributed by atoms with Crippen molar-refractivity contribution in [1.29, 1.82) is 0 Å². The van der Waals surface area contributed by atoms with Crippen LogP contribution in [0.25, 0.3) is 5.95 Å². The van der Waals surface area contributed by atoms with E-state index in [0.717, 1.165) is 11.4 Å². The SMILES string of the molecule is Cc1nc(-n2cnc(C(N)=O)c2C(N)=O)[nH]c1C. The molecule has 2 aromatic heterocycles. The van der Waals surface area contributed by atoms with Gasteiger partial charge in [-0.25, -0.2) is 9.97 Å². The van der Waals surface area contributed by atoms with Crippen LogP contribution in [0, 0.1) is 13.8 Å². The summed E-state index contributed by atoms with van der Waals surface area (Å²) in [6.45, 7) is 3.65. The minimum Gasteiger partial charge on any atom is -0.364 e. The van der Waals surface area contributed by atoms with Gasteiger partial charge in [0.05, 0.1) is 5.69 Å². The molecule has 2 amide bonds. The monoisotopic (exact) mass is 248 g/mol. The number of nitrogens with zero attached hydrogens (tertiary/aromatic N) is 3. The van der Waals surface area contributed by atoms with Crippen molar-refractivity contribution in [3.63, 3.8) is 0 Å². The van der Waals surface area contributed by atoms with Crippen LogP contribution in [0.3, 0.4) is 0 Å². The Morgan fingerprint density at radius 3 is 2.39 bits per heavy atom. The fourth-order valence-corrected chi connectivity index (χ4v) is 1.57. The Labute approximate surface area is 102 Å². The molecule has 0 bridgehead atoms. The normalized spacial score (nSPS) is 10.6. The van der Waals surface area contributed by atoms with Crippen molar-refractivity contribution < 1.29 is 9.59 Å². The lowest BCUT2D eigenvalue weighted by atomic mass is 10.3. The van der Waals surface area contributed by atoms with E-state index in [-0.39, 0.29) is 11.4 Å². The minimum atomic E-state index is -0.817. The number of aromatic amines is 1. The molecule has 2 rings (SSSR count). The highest BCUT2D eigenvalue weighted by Crippen LogP contribution is 2.13. The van der Waals surface area contributed by atoms with Crippen LogP contribution >= 0.6 is 0 Å². The van der Waals surface area contributed by atoms with Gasteiger partial charge in [0.1, 0.15) is 12.0 Å². The molecule has 5 N–H and O–H groups in total. The topological polar surface area (TPSA) is 133 Å². The highest BCUT2D eigenvalue weighted by molar-refractivity contribution is 6.04. The van der Waals surface area contributed by atoms with Crippen LogP contribution < -0.4 is 11.5 Å². The first-order valence-electron chi connectivity index (χ1n) is 5.12. The molecular formula is C10H12N6O2. The molecule has 0 aliphatic carbocycles. The predicted octanol–water partition coefficient (Wildman–Crippen LogP) is -0.590. The van der Waals surface area contributed by atoms with Crippen LogP contribution in [-0.4, -0.2) is 31.3 Å². The lowest BCUT2D eigenvalue weighted by molar-refractivity contribution is 0.0960. The Morgan fingerprint density at radius 1 is 1.28 bits per heavy atom. The molecule has 94 valence electrons. The van der Waals surface area contributed by atoms with Gasteiger partial charge in [0, 0.05) is 5.69 Å². The fraction of sp³-hybridized carbons (Fsp3) is 0.200. The van der Waals surface area contributed by atoms with E-state index in [0.29, 0.717) is 5.95 Å². The lowest BCUT2D eigenvalue weighted by Crippen LogP contribution is -2.23. The Balaban J connectivity index is 2.65. The first-order chi connectivity index (χ1) is 8.41. The van der Waals surface area contributed by atoms with Crippen molar-refractivity contribution in [2.45, 2.75) is 13.8 Å². The number of rotatable bonds is 3. The number of nitrogens with one attached hydrogen (secondary N) is 1. The summed E-state index contributed by atoms with van der Waals surface area (Å²) in [5, 5.41) is 0. The quantitative estimate of drug-likeness (QED) is 0.669. The number of imidazole rings is 2. The number of hydrogen-bond acceptors (Lipinski definition) is 4. The number of primary amides is 2. The standard InChI is InChI=1S/C10H12N6O2/c1-4-5(2)15-10(14-4)16-3-13-6(8(11)17)7(16)9(12)18/h3H,1-2H3,(H2,11,17)(H2,12,18)(H,14,15). The zero-order chi connectivity index (χ0) is 13.4. The Bertz CT molecular complexity index is 619. The predicted molar refractivity (Wildman–Crippen MR) is 62.2 cm³/mol. The van der Waals surface area contributed by atoms with Gasteiger partial charge in [0.2, 0.25) is 5.95 Å². The molecule has 0 spiro atoms. The van der Waals surface area contributed by atoms with E-state index < -0.39 is 11.8 Å². The maximum Gasteiger partial charge on any atom is 0.269 e. The lowest BCUT2D eigenvalue weighted by Gasteiger charge is -2.02. The van der Waals surface area contributed by atoms with Gasteiger partial charge in [-0.05, 0) is 13.8 Å². The molecule has 0 aromatic carbocycles. The third-order valence-electron chi connectivity index (χ3n) is 2.58. The van der Waals surface area contributed by atoms with E-state index >= 15 is 0 Å². The van der Waals surface area contributed by atoms with Gasteiger partial charge in [-0.3, -0.25) is 14.2 Å². The zero-order valence-corrected chi connectivity index (χ0v) is 9.89. The average molecular weight is 248 g/mol.